The molecule has 0 aliphatic carbocycles. The molecule has 0 atom stereocenters. The number of benzene rings is 1. The van der Waals surface area contributed by atoms with Gasteiger partial charge in [0.15, 0.2) is 0 Å². The van der Waals surface area contributed by atoms with Gasteiger partial charge >= 0.3 is 0 Å². The minimum absolute atomic E-state index is 0.554. The predicted octanol–water partition coefficient (Wildman–Crippen LogP) is 2.78. The molecule has 1 aliphatic heterocycles. The molecule has 1 saturated heterocycles. The molecule has 2 heterocycles. The molecule has 2 nitrogen and oxygen atoms in total. The number of rotatable bonds is 1. The van der Waals surface area contributed by atoms with Crippen molar-refractivity contribution in [2.24, 2.45) is 0 Å². The first-order valence-electron chi connectivity index (χ1n) is 6.03. The zero-order valence-electron chi connectivity index (χ0n) is 9.62. The number of nitrogens with zero attached hydrogens (tertiary/aromatic N) is 1. The van der Waals surface area contributed by atoms with E-state index >= 15 is 0 Å². The number of piperidine rings is 1. The van der Waals surface area contributed by atoms with E-state index < -0.39 is 5.67 Å². The van der Waals surface area contributed by atoms with E-state index in [1.165, 1.54) is 0 Å². The average molecular weight is 230 g/mol. The summed E-state index contributed by atoms with van der Waals surface area (Å²) in [6.45, 7) is 1.50. The fourth-order valence-electron chi connectivity index (χ4n) is 2.47. The summed E-state index contributed by atoms with van der Waals surface area (Å²) in [4.78, 5) is 4.26. The lowest BCUT2D eigenvalue weighted by atomic mass is 9.86. The van der Waals surface area contributed by atoms with Crippen molar-refractivity contribution in [1.29, 1.82) is 0 Å². The van der Waals surface area contributed by atoms with Gasteiger partial charge in [0, 0.05) is 11.6 Å². The second-order valence-electron chi connectivity index (χ2n) is 4.63. The number of aromatic nitrogens is 1. The summed E-state index contributed by atoms with van der Waals surface area (Å²) in [6.07, 6.45) is 2.87. The first-order valence-corrected chi connectivity index (χ1v) is 6.03. The predicted molar refractivity (Wildman–Crippen MR) is 66.6 cm³/mol. The monoisotopic (exact) mass is 230 g/mol. The molecule has 0 amide bonds. The summed E-state index contributed by atoms with van der Waals surface area (Å²) >= 11 is 0. The SMILES string of the molecule is FC1(c2ccc3ncccc3c2)CCNCC1. The van der Waals surface area contributed by atoms with E-state index in [4.69, 9.17) is 0 Å². The van der Waals surface area contributed by atoms with Gasteiger partial charge in [-0.1, -0.05) is 12.1 Å². The molecular weight excluding hydrogens is 215 g/mol. The van der Waals surface area contributed by atoms with Crippen molar-refractivity contribution in [1.82, 2.24) is 10.3 Å². The van der Waals surface area contributed by atoms with Crippen molar-refractivity contribution in [3.63, 3.8) is 0 Å². The van der Waals surface area contributed by atoms with Crippen molar-refractivity contribution in [2.45, 2.75) is 18.5 Å². The molecule has 0 radical (unpaired) electrons. The van der Waals surface area contributed by atoms with Gasteiger partial charge in [0.1, 0.15) is 5.67 Å². The Labute approximate surface area is 99.9 Å². The van der Waals surface area contributed by atoms with Gasteiger partial charge in [0.25, 0.3) is 0 Å². The molecule has 17 heavy (non-hydrogen) atoms. The summed E-state index contributed by atoms with van der Waals surface area (Å²) in [7, 11) is 0. The Morgan fingerprint density at radius 3 is 2.82 bits per heavy atom. The Bertz CT molecular complexity index is 532. The molecule has 1 aromatic heterocycles. The van der Waals surface area contributed by atoms with Crippen molar-refractivity contribution in [2.75, 3.05) is 13.1 Å². The van der Waals surface area contributed by atoms with Crippen molar-refractivity contribution >= 4 is 10.9 Å². The van der Waals surface area contributed by atoms with E-state index in [0.29, 0.717) is 12.8 Å². The maximum atomic E-state index is 14.8. The van der Waals surface area contributed by atoms with Crippen LogP contribution in [0.2, 0.25) is 0 Å². The van der Waals surface area contributed by atoms with Crippen LogP contribution in [0.3, 0.4) is 0 Å². The van der Waals surface area contributed by atoms with Gasteiger partial charge in [-0.25, -0.2) is 4.39 Å². The number of alkyl halides is 1. The highest BCUT2D eigenvalue weighted by atomic mass is 19.1. The molecule has 0 saturated carbocycles. The Morgan fingerprint density at radius 2 is 2.00 bits per heavy atom. The second-order valence-corrected chi connectivity index (χ2v) is 4.63. The average Bonchev–Trinajstić information content (AvgIpc) is 2.39. The zero-order chi connectivity index (χ0) is 11.7. The molecule has 3 rings (SSSR count). The molecule has 0 spiro atoms. The van der Waals surface area contributed by atoms with Crippen LogP contribution in [0.15, 0.2) is 36.5 Å². The summed E-state index contributed by atoms with van der Waals surface area (Å²) in [5, 5.41) is 4.21. The van der Waals surface area contributed by atoms with Crippen molar-refractivity contribution < 1.29 is 4.39 Å². The standard InChI is InChI=1S/C14H15FN2/c15-14(5-8-16-9-6-14)12-3-4-13-11(10-12)2-1-7-17-13/h1-4,7,10,16H,5-6,8-9H2. The number of halogens is 1. The summed E-state index contributed by atoms with van der Waals surface area (Å²) in [6, 6.07) is 9.60. The maximum Gasteiger partial charge on any atom is 0.138 e. The lowest BCUT2D eigenvalue weighted by molar-refractivity contribution is 0.115. The van der Waals surface area contributed by atoms with Crippen molar-refractivity contribution in [3.8, 4) is 0 Å². The lowest BCUT2D eigenvalue weighted by Gasteiger charge is -2.30. The van der Waals surface area contributed by atoms with Crippen LogP contribution in [-0.4, -0.2) is 18.1 Å². The fourth-order valence-corrected chi connectivity index (χ4v) is 2.47. The summed E-state index contributed by atoms with van der Waals surface area (Å²) in [5.41, 5.74) is 0.545. The highest BCUT2D eigenvalue weighted by Gasteiger charge is 2.33. The molecule has 1 N–H and O–H groups in total. The maximum absolute atomic E-state index is 14.8. The largest absolute Gasteiger partial charge is 0.316 e. The number of hydrogen-bond donors (Lipinski definition) is 1. The van der Waals surface area contributed by atoms with Crippen LogP contribution in [-0.2, 0) is 5.67 Å². The molecule has 1 fully saturated rings. The van der Waals surface area contributed by atoms with Gasteiger partial charge < -0.3 is 5.32 Å². The van der Waals surface area contributed by atoms with Crippen molar-refractivity contribution in [3.05, 3.63) is 42.1 Å². The zero-order valence-corrected chi connectivity index (χ0v) is 9.62. The number of pyridine rings is 1. The molecule has 1 aliphatic rings. The number of fused-ring (bicyclic) bond motifs is 1. The Balaban J connectivity index is 2.05. The van der Waals surface area contributed by atoms with Gasteiger partial charge in [-0.3, -0.25) is 4.98 Å². The summed E-state index contributed by atoms with van der Waals surface area (Å²) in [5.74, 6) is 0. The highest BCUT2D eigenvalue weighted by molar-refractivity contribution is 5.79. The lowest BCUT2D eigenvalue weighted by Crippen LogP contribution is -2.36. The molecule has 1 aromatic carbocycles. The Morgan fingerprint density at radius 1 is 1.18 bits per heavy atom. The Kier molecular flexibility index (Phi) is 2.56. The smallest absolute Gasteiger partial charge is 0.138 e. The first-order chi connectivity index (χ1) is 8.28. The fraction of sp³-hybridized carbons (Fsp3) is 0.357. The van der Waals surface area contributed by atoms with E-state index in [0.717, 1.165) is 29.6 Å². The quantitative estimate of drug-likeness (QED) is 0.814. The minimum atomic E-state index is -1.17. The van der Waals surface area contributed by atoms with Gasteiger partial charge in [-0.2, -0.15) is 0 Å². The van der Waals surface area contributed by atoms with Gasteiger partial charge in [0.05, 0.1) is 5.52 Å². The van der Waals surface area contributed by atoms with E-state index in [2.05, 4.69) is 10.3 Å². The molecule has 2 aromatic rings. The van der Waals surface area contributed by atoms with Crippen LogP contribution in [0.1, 0.15) is 18.4 Å². The van der Waals surface area contributed by atoms with Gasteiger partial charge in [-0.05, 0) is 49.7 Å². The van der Waals surface area contributed by atoms with Crippen LogP contribution in [0.5, 0.6) is 0 Å². The van der Waals surface area contributed by atoms with Gasteiger partial charge in [0.2, 0.25) is 0 Å². The third-order valence-electron chi connectivity index (χ3n) is 3.52. The second kappa shape index (κ2) is 4.08. The molecule has 3 heteroatoms. The topological polar surface area (TPSA) is 24.9 Å². The molecular formula is C14H15FN2. The highest BCUT2D eigenvalue weighted by Crippen LogP contribution is 2.35. The van der Waals surface area contributed by atoms with Crippen LogP contribution in [0.4, 0.5) is 4.39 Å². The Hall–Kier alpha value is -1.48. The van der Waals surface area contributed by atoms with Crippen LogP contribution < -0.4 is 5.32 Å². The van der Waals surface area contributed by atoms with E-state index in [-0.39, 0.29) is 0 Å². The van der Waals surface area contributed by atoms with Crippen LogP contribution in [0, 0.1) is 0 Å². The number of hydrogen-bond acceptors (Lipinski definition) is 2. The normalized spacial score (nSPS) is 19.4. The number of nitrogens with one attached hydrogen (secondary N) is 1. The molecule has 0 bridgehead atoms. The minimum Gasteiger partial charge on any atom is -0.316 e. The van der Waals surface area contributed by atoms with Crippen LogP contribution in [0.25, 0.3) is 10.9 Å². The molecule has 0 unspecified atom stereocenters. The molecule has 88 valence electrons. The van der Waals surface area contributed by atoms with E-state index in [1.807, 2.05) is 30.3 Å². The summed E-state index contributed by atoms with van der Waals surface area (Å²) < 4.78 is 14.8. The van der Waals surface area contributed by atoms with Crippen LogP contribution >= 0.6 is 0 Å². The third kappa shape index (κ3) is 1.91. The third-order valence-corrected chi connectivity index (χ3v) is 3.52. The van der Waals surface area contributed by atoms with Gasteiger partial charge in [-0.15, -0.1) is 0 Å². The first kappa shape index (κ1) is 10.7. The van der Waals surface area contributed by atoms with E-state index in [1.54, 1.807) is 6.20 Å². The van der Waals surface area contributed by atoms with E-state index in [9.17, 15) is 4.39 Å².